The van der Waals surface area contributed by atoms with Gasteiger partial charge in [0.15, 0.2) is 0 Å². The first kappa shape index (κ1) is 13.6. The van der Waals surface area contributed by atoms with Crippen molar-refractivity contribution in [2.75, 3.05) is 26.2 Å². The third-order valence-electron chi connectivity index (χ3n) is 4.52. The molecule has 2 saturated heterocycles. The van der Waals surface area contributed by atoms with Gasteiger partial charge in [0.1, 0.15) is 0 Å². The second-order valence-corrected chi connectivity index (χ2v) is 7.99. The minimum absolute atomic E-state index is 0.437. The molecule has 2 nitrogen and oxygen atoms in total. The number of halogens is 1. The van der Waals surface area contributed by atoms with E-state index < -0.39 is 0 Å². The summed E-state index contributed by atoms with van der Waals surface area (Å²) in [6.07, 6.45) is 1.36. The standard InChI is InChI=1S/C16H23BrN2/c1-15-8-16(2,10-18-9-15)12-19(11-15)7-13-5-3-4-6-14(13)17/h3-6,18H,7-12H2,1-2H3. The number of fused-ring (bicyclic) bond motifs is 2. The average molecular weight is 323 g/mol. The molecule has 0 amide bonds. The lowest BCUT2D eigenvalue weighted by atomic mass is 9.66. The quantitative estimate of drug-likeness (QED) is 0.899. The Bertz CT molecular complexity index is 458. The van der Waals surface area contributed by atoms with Crippen LogP contribution in [0.15, 0.2) is 28.7 Å². The molecule has 1 aromatic rings. The minimum Gasteiger partial charge on any atom is -0.316 e. The Balaban J connectivity index is 1.77. The van der Waals surface area contributed by atoms with Crippen molar-refractivity contribution in [3.05, 3.63) is 34.3 Å². The summed E-state index contributed by atoms with van der Waals surface area (Å²) in [5.41, 5.74) is 2.28. The fourth-order valence-corrected chi connectivity index (χ4v) is 4.57. The Morgan fingerprint density at radius 3 is 2.42 bits per heavy atom. The van der Waals surface area contributed by atoms with E-state index in [1.54, 1.807) is 0 Å². The first-order valence-electron chi connectivity index (χ1n) is 7.15. The fourth-order valence-electron chi connectivity index (χ4n) is 4.16. The van der Waals surface area contributed by atoms with Crippen LogP contribution in [0.2, 0.25) is 0 Å². The average Bonchev–Trinajstić information content (AvgIpc) is 2.29. The van der Waals surface area contributed by atoms with Gasteiger partial charge in [-0.1, -0.05) is 48.0 Å². The second kappa shape index (κ2) is 4.87. The molecular formula is C16H23BrN2. The van der Waals surface area contributed by atoms with E-state index in [0.29, 0.717) is 10.8 Å². The third-order valence-corrected chi connectivity index (χ3v) is 5.29. The molecule has 2 fully saturated rings. The molecular weight excluding hydrogens is 300 g/mol. The van der Waals surface area contributed by atoms with Crippen LogP contribution in [0.5, 0.6) is 0 Å². The van der Waals surface area contributed by atoms with Crippen LogP contribution in [0.4, 0.5) is 0 Å². The Morgan fingerprint density at radius 1 is 1.16 bits per heavy atom. The van der Waals surface area contributed by atoms with Gasteiger partial charge in [-0.25, -0.2) is 0 Å². The number of hydrogen-bond acceptors (Lipinski definition) is 2. The number of rotatable bonds is 2. The molecule has 2 atom stereocenters. The van der Waals surface area contributed by atoms with E-state index in [-0.39, 0.29) is 0 Å². The van der Waals surface area contributed by atoms with E-state index >= 15 is 0 Å². The zero-order valence-corrected chi connectivity index (χ0v) is 13.5. The van der Waals surface area contributed by atoms with Crippen molar-refractivity contribution in [3.8, 4) is 0 Å². The van der Waals surface area contributed by atoms with Gasteiger partial charge < -0.3 is 5.32 Å². The topological polar surface area (TPSA) is 15.3 Å². The predicted molar refractivity (Wildman–Crippen MR) is 83.1 cm³/mol. The van der Waals surface area contributed by atoms with Crippen molar-refractivity contribution >= 4 is 15.9 Å². The normalized spacial score (nSPS) is 35.3. The maximum Gasteiger partial charge on any atom is 0.0245 e. The molecule has 0 aromatic heterocycles. The minimum atomic E-state index is 0.437. The summed E-state index contributed by atoms with van der Waals surface area (Å²) in [5.74, 6) is 0. The van der Waals surface area contributed by atoms with Crippen molar-refractivity contribution < 1.29 is 0 Å². The molecule has 0 aliphatic carbocycles. The summed E-state index contributed by atoms with van der Waals surface area (Å²) in [6.45, 7) is 10.7. The lowest BCUT2D eigenvalue weighted by Crippen LogP contribution is -2.60. The van der Waals surface area contributed by atoms with Gasteiger partial charge >= 0.3 is 0 Å². The van der Waals surface area contributed by atoms with Crippen LogP contribution in [0.1, 0.15) is 25.8 Å². The SMILES string of the molecule is CC12CNCC(C)(CN(Cc3ccccc3Br)C1)C2. The fraction of sp³-hybridized carbons (Fsp3) is 0.625. The zero-order valence-electron chi connectivity index (χ0n) is 11.9. The van der Waals surface area contributed by atoms with Crippen LogP contribution in [-0.4, -0.2) is 31.1 Å². The van der Waals surface area contributed by atoms with Gasteiger partial charge in [0.2, 0.25) is 0 Å². The van der Waals surface area contributed by atoms with Crippen LogP contribution in [0.25, 0.3) is 0 Å². The van der Waals surface area contributed by atoms with Gasteiger partial charge in [0.25, 0.3) is 0 Å². The molecule has 2 unspecified atom stereocenters. The van der Waals surface area contributed by atoms with Gasteiger partial charge in [-0.3, -0.25) is 4.90 Å². The maximum absolute atomic E-state index is 3.67. The number of nitrogens with one attached hydrogen (secondary N) is 1. The van der Waals surface area contributed by atoms with E-state index in [1.165, 1.54) is 29.5 Å². The number of piperidine rings is 2. The summed E-state index contributed by atoms with van der Waals surface area (Å²) < 4.78 is 1.24. The van der Waals surface area contributed by atoms with E-state index in [9.17, 15) is 0 Å². The van der Waals surface area contributed by atoms with Crippen LogP contribution in [0, 0.1) is 10.8 Å². The van der Waals surface area contributed by atoms with E-state index in [1.807, 2.05) is 0 Å². The maximum atomic E-state index is 3.67. The molecule has 2 aliphatic heterocycles. The summed E-state index contributed by atoms with van der Waals surface area (Å²) >= 11 is 3.67. The van der Waals surface area contributed by atoms with Crippen molar-refractivity contribution in [2.45, 2.75) is 26.8 Å². The lowest BCUT2D eigenvalue weighted by molar-refractivity contribution is -0.0237. The summed E-state index contributed by atoms with van der Waals surface area (Å²) in [7, 11) is 0. The molecule has 2 heterocycles. The highest BCUT2D eigenvalue weighted by Gasteiger charge is 2.45. The van der Waals surface area contributed by atoms with Crippen LogP contribution in [0.3, 0.4) is 0 Å². The molecule has 0 spiro atoms. The predicted octanol–water partition coefficient (Wildman–Crippen LogP) is 3.27. The molecule has 1 aromatic carbocycles. The lowest BCUT2D eigenvalue weighted by Gasteiger charge is -2.54. The molecule has 19 heavy (non-hydrogen) atoms. The summed E-state index contributed by atoms with van der Waals surface area (Å²) in [5, 5.41) is 3.63. The molecule has 1 N–H and O–H groups in total. The van der Waals surface area contributed by atoms with Gasteiger partial charge in [-0.15, -0.1) is 0 Å². The molecule has 104 valence electrons. The van der Waals surface area contributed by atoms with Crippen molar-refractivity contribution in [2.24, 2.45) is 10.8 Å². The van der Waals surface area contributed by atoms with Crippen LogP contribution < -0.4 is 5.32 Å². The van der Waals surface area contributed by atoms with Crippen LogP contribution >= 0.6 is 15.9 Å². The molecule has 2 aliphatic rings. The van der Waals surface area contributed by atoms with Gasteiger partial charge in [-0.05, 0) is 28.9 Å². The first-order chi connectivity index (χ1) is 8.98. The highest BCUT2D eigenvalue weighted by molar-refractivity contribution is 9.10. The Morgan fingerprint density at radius 2 is 1.79 bits per heavy atom. The monoisotopic (exact) mass is 322 g/mol. The first-order valence-corrected chi connectivity index (χ1v) is 7.94. The van der Waals surface area contributed by atoms with Gasteiger partial charge in [0.05, 0.1) is 0 Å². The van der Waals surface area contributed by atoms with E-state index in [4.69, 9.17) is 0 Å². The summed E-state index contributed by atoms with van der Waals surface area (Å²) in [4.78, 5) is 2.64. The Hall–Kier alpha value is -0.380. The van der Waals surface area contributed by atoms with Crippen molar-refractivity contribution in [1.82, 2.24) is 10.2 Å². The highest BCUT2D eigenvalue weighted by Crippen LogP contribution is 2.43. The molecule has 2 bridgehead atoms. The number of nitrogens with zero attached hydrogens (tertiary/aromatic N) is 1. The van der Waals surface area contributed by atoms with E-state index in [0.717, 1.165) is 19.6 Å². The van der Waals surface area contributed by atoms with Gasteiger partial charge in [-0.2, -0.15) is 0 Å². The van der Waals surface area contributed by atoms with Crippen molar-refractivity contribution in [3.63, 3.8) is 0 Å². The largest absolute Gasteiger partial charge is 0.316 e. The van der Waals surface area contributed by atoms with E-state index in [2.05, 4.69) is 64.3 Å². The van der Waals surface area contributed by atoms with Gasteiger partial charge in [0, 0.05) is 37.2 Å². The third kappa shape index (κ3) is 2.88. The number of likely N-dealkylation sites (tertiary alicyclic amines) is 1. The highest BCUT2D eigenvalue weighted by atomic mass is 79.9. The Kier molecular flexibility index (Phi) is 3.48. The number of hydrogen-bond donors (Lipinski definition) is 1. The molecule has 3 heteroatoms. The molecule has 0 saturated carbocycles. The second-order valence-electron chi connectivity index (χ2n) is 7.14. The molecule has 3 rings (SSSR count). The number of benzene rings is 1. The van der Waals surface area contributed by atoms with Crippen molar-refractivity contribution in [1.29, 1.82) is 0 Å². The van der Waals surface area contributed by atoms with Crippen LogP contribution in [-0.2, 0) is 6.54 Å². The molecule has 0 radical (unpaired) electrons. The smallest absolute Gasteiger partial charge is 0.0245 e. The Labute approximate surface area is 124 Å². The summed E-state index contributed by atoms with van der Waals surface area (Å²) in [6, 6.07) is 8.60. The zero-order chi connectivity index (χ0) is 13.5.